The molecule has 0 atom stereocenters. The lowest BCUT2D eigenvalue weighted by molar-refractivity contribution is 0.0734. The minimum Gasteiger partial charge on any atom is -0.423 e. The number of hydrogen-bond donors (Lipinski definition) is 0. The van der Waals surface area contributed by atoms with Crippen LogP contribution in [0.1, 0.15) is 46.5 Å². The van der Waals surface area contributed by atoms with Crippen molar-refractivity contribution in [3.8, 4) is 22.8 Å². The van der Waals surface area contributed by atoms with Gasteiger partial charge in [-0.15, -0.1) is 0 Å². The lowest BCUT2D eigenvalue weighted by atomic mass is 10.1. The number of pyridine rings is 1. The maximum Gasteiger partial charge on any atom is 0.343 e. The second-order valence-electron chi connectivity index (χ2n) is 8.16. The van der Waals surface area contributed by atoms with Crippen LogP contribution in [0.5, 0.6) is 11.5 Å². The number of carbonyl (C=O) groups is 2. The van der Waals surface area contributed by atoms with Crippen LogP contribution in [0.15, 0.2) is 102 Å². The van der Waals surface area contributed by atoms with Crippen LogP contribution in [0.4, 0.5) is 0 Å². The third kappa shape index (κ3) is 6.81. The minimum atomic E-state index is -0.650. The first kappa shape index (κ1) is 26.5. The molecule has 0 spiro atoms. The summed E-state index contributed by atoms with van der Waals surface area (Å²) in [5, 5.41) is 0.207. The van der Waals surface area contributed by atoms with Gasteiger partial charge in [-0.2, -0.15) is 0 Å². The Labute approximate surface area is 226 Å². The van der Waals surface area contributed by atoms with Gasteiger partial charge in [0.1, 0.15) is 11.5 Å². The van der Waals surface area contributed by atoms with Gasteiger partial charge in [0, 0.05) is 28.6 Å². The number of hydrogen-bond acceptors (Lipinski definition) is 6. The standard InChI is InChI=1S/C31H25ClN2O4/c1-3-7-28(33-4-2)21-9-13-26(14-10-21)37-30(35)23-18-24(20-25(32)19-23)31(36)38-27-15-11-22(12-16-27)29-8-5-6-17-34-29/h4-20H,3H2,1-2H3/b28-7-,33-4-. The molecule has 1 heterocycles. The van der Waals surface area contributed by atoms with E-state index in [4.69, 9.17) is 21.1 Å². The number of rotatable bonds is 8. The van der Waals surface area contributed by atoms with E-state index in [1.165, 1.54) is 18.2 Å². The van der Waals surface area contributed by atoms with Crippen LogP contribution >= 0.6 is 11.6 Å². The van der Waals surface area contributed by atoms with Crippen molar-refractivity contribution in [3.05, 3.63) is 119 Å². The molecular weight excluding hydrogens is 500 g/mol. The summed E-state index contributed by atoms with van der Waals surface area (Å²) in [5.41, 5.74) is 3.71. The molecule has 6 nitrogen and oxygen atoms in total. The van der Waals surface area contributed by atoms with Gasteiger partial charge in [-0.05, 0) is 92.2 Å². The quantitative estimate of drug-likeness (QED) is 0.134. The molecule has 0 unspecified atom stereocenters. The predicted octanol–water partition coefficient (Wildman–Crippen LogP) is 7.68. The van der Waals surface area contributed by atoms with Gasteiger partial charge in [0.2, 0.25) is 0 Å². The Kier molecular flexibility index (Phi) is 8.80. The highest BCUT2D eigenvalue weighted by Crippen LogP contribution is 2.24. The number of aromatic nitrogens is 1. The first-order chi connectivity index (χ1) is 18.5. The maximum atomic E-state index is 12.8. The van der Waals surface area contributed by atoms with Crippen molar-refractivity contribution in [1.29, 1.82) is 0 Å². The summed E-state index contributed by atoms with van der Waals surface area (Å²) >= 11 is 6.21. The Morgan fingerprint density at radius 2 is 1.45 bits per heavy atom. The summed E-state index contributed by atoms with van der Waals surface area (Å²) in [4.78, 5) is 34.3. The summed E-state index contributed by atoms with van der Waals surface area (Å²) in [7, 11) is 0. The molecule has 0 saturated heterocycles. The van der Waals surface area contributed by atoms with Crippen molar-refractivity contribution >= 4 is 35.5 Å². The normalized spacial score (nSPS) is 11.4. The number of ether oxygens (including phenoxy) is 2. The van der Waals surface area contributed by atoms with Crippen molar-refractivity contribution in [3.63, 3.8) is 0 Å². The van der Waals surface area contributed by atoms with Crippen LogP contribution in [0.25, 0.3) is 17.0 Å². The first-order valence-corrected chi connectivity index (χ1v) is 12.4. The molecule has 4 aromatic rings. The molecule has 38 heavy (non-hydrogen) atoms. The predicted molar refractivity (Wildman–Crippen MR) is 150 cm³/mol. The molecule has 190 valence electrons. The summed E-state index contributed by atoms with van der Waals surface area (Å²) in [6.07, 6.45) is 6.31. The van der Waals surface area contributed by atoms with E-state index in [9.17, 15) is 9.59 Å². The first-order valence-electron chi connectivity index (χ1n) is 12.0. The zero-order valence-electron chi connectivity index (χ0n) is 20.9. The Morgan fingerprint density at radius 3 is 1.97 bits per heavy atom. The van der Waals surface area contributed by atoms with Gasteiger partial charge in [-0.25, -0.2) is 9.59 Å². The fourth-order valence-electron chi connectivity index (χ4n) is 3.66. The average molecular weight is 525 g/mol. The molecular formula is C31H25ClN2O4. The molecule has 0 aliphatic heterocycles. The van der Waals surface area contributed by atoms with Crippen LogP contribution in [-0.4, -0.2) is 23.1 Å². The fourth-order valence-corrected chi connectivity index (χ4v) is 3.89. The van der Waals surface area contributed by atoms with E-state index in [0.29, 0.717) is 11.5 Å². The lowest BCUT2D eigenvalue weighted by Gasteiger charge is -2.09. The monoisotopic (exact) mass is 524 g/mol. The van der Waals surface area contributed by atoms with Gasteiger partial charge < -0.3 is 9.47 Å². The largest absolute Gasteiger partial charge is 0.423 e. The van der Waals surface area contributed by atoms with Crippen LogP contribution in [-0.2, 0) is 0 Å². The highest BCUT2D eigenvalue weighted by atomic mass is 35.5. The van der Waals surface area contributed by atoms with Gasteiger partial charge in [-0.3, -0.25) is 9.98 Å². The highest BCUT2D eigenvalue weighted by molar-refractivity contribution is 6.31. The van der Waals surface area contributed by atoms with Gasteiger partial charge in [0.25, 0.3) is 0 Å². The molecule has 0 bridgehead atoms. The maximum absolute atomic E-state index is 12.8. The van der Waals surface area contributed by atoms with Crippen molar-refractivity contribution in [2.24, 2.45) is 4.99 Å². The van der Waals surface area contributed by atoms with Crippen LogP contribution in [0, 0.1) is 0 Å². The summed E-state index contributed by atoms with van der Waals surface area (Å²) in [5.74, 6) is -0.594. The van der Waals surface area contributed by atoms with Gasteiger partial charge in [0.05, 0.1) is 22.5 Å². The van der Waals surface area contributed by atoms with Gasteiger partial charge >= 0.3 is 11.9 Å². The second-order valence-corrected chi connectivity index (χ2v) is 8.59. The number of esters is 2. The zero-order chi connectivity index (χ0) is 26.9. The number of allylic oxidation sites excluding steroid dienone is 1. The van der Waals surface area contributed by atoms with E-state index in [2.05, 4.69) is 9.98 Å². The van der Waals surface area contributed by atoms with E-state index in [-0.39, 0.29) is 16.1 Å². The van der Waals surface area contributed by atoms with E-state index < -0.39 is 11.9 Å². The van der Waals surface area contributed by atoms with E-state index in [1.54, 1.807) is 36.7 Å². The van der Waals surface area contributed by atoms with E-state index in [1.807, 2.05) is 62.4 Å². The molecule has 3 aromatic carbocycles. The SMILES string of the molecule is C/C=N\C(=C/CC)c1ccc(OC(=O)c2cc(Cl)cc(C(=O)Oc3ccc(-c4ccccn4)cc3)c2)cc1. The average Bonchev–Trinajstić information content (AvgIpc) is 2.94. The van der Waals surface area contributed by atoms with Crippen molar-refractivity contribution in [2.75, 3.05) is 0 Å². The molecule has 1 aromatic heterocycles. The van der Waals surface area contributed by atoms with E-state index >= 15 is 0 Å². The van der Waals surface area contributed by atoms with Crippen molar-refractivity contribution in [2.45, 2.75) is 20.3 Å². The number of nitrogens with zero attached hydrogens (tertiary/aromatic N) is 2. The molecule has 0 aliphatic rings. The molecule has 0 amide bonds. The lowest BCUT2D eigenvalue weighted by Crippen LogP contribution is -2.13. The third-order valence-corrected chi connectivity index (χ3v) is 5.64. The smallest absolute Gasteiger partial charge is 0.343 e. The van der Waals surface area contributed by atoms with Crippen LogP contribution in [0.3, 0.4) is 0 Å². The Balaban J connectivity index is 1.45. The van der Waals surface area contributed by atoms with Crippen molar-refractivity contribution < 1.29 is 19.1 Å². The zero-order valence-corrected chi connectivity index (χ0v) is 21.7. The Hall–Kier alpha value is -4.55. The van der Waals surface area contributed by atoms with Crippen LogP contribution < -0.4 is 9.47 Å². The van der Waals surface area contributed by atoms with E-state index in [0.717, 1.165) is 28.9 Å². The van der Waals surface area contributed by atoms with Gasteiger partial charge in [-0.1, -0.05) is 30.7 Å². The minimum absolute atomic E-state index is 0.125. The summed E-state index contributed by atoms with van der Waals surface area (Å²) < 4.78 is 11.0. The van der Waals surface area contributed by atoms with Gasteiger partial charge in [0.15, 0.2) is 0 Å². The molecule has 0 saturated carbocycles. The number of benzene rings is 3. The number of carbonyl (C=O) groups excluding carboxylic acids is 2. The van der Waals surface area contributed by atoms with Crippen LogP contribution in [0.2, 0.25) is 5.02 Å². The summed E-state index contributed by atoms with van der Waals surface area (Å²) in [6.45, 7) is 3.89. The third-order valence-electron chi connectivity index (χ3n) is 5.42. The molecule has 7 heteroatoms. The Bertz CT molecular complexity index is 1480. The fraction of sp³-hybridized carbons (Fsp3) is 0.0968. The highest BCUT2D eigenvalue weighted by Gasteiger charge is 2.16. The number of aliphatic imine (C=N–C) groups is 1. The number of halogens is 1. The molecule has 0 aliphatic carbocycles. The molecule has 0 radical (unpaired) electrons. The molecule has 0 fully saturated rings. The topological polar surface area (TPSA) is 77.8 Å². The molecule has 0 N–H and O–H groups in total. The van der Waals surface area contributed by atoms with Crippen molar-refractivity contribution in [1.82, 2.24) is 4.98 Å². The molecule has 4 rings (SSSR count). The Morgan fingerprint density at radius 1 is 0.842 bits per heavy atom. The second kappa shape index (κ2) is 12.6. The summed E-state index contributed by atoms with van der Waals surface area (Å²) in [6, 6.07) is 23.9.